The topological polar surface area (TPSA) is 18.5 Å². The lowest BCUT2D eigenvalue weighted by Crippen LogP contribution is -1.94. The van der Waals surface area contributed by atoms with E-state index in [9.17, 15) is 0 Å². The minimum atomic E-state index is 0.233. The van der Waals surface area contributed by atoms with Gasteiger partial charge >= 0.3 is 0 Å². The van der Waals surface area contributed by atoms with Crippen LogP contribution in [0.5, 0.6) is 11.5 Å². The number of hydrogen-bond acceptors (Lipinski definition) is 2. The normalized spacial score (nSPS) is 12.3. The van der Waals surface area contributed by atoms with Crippen molar-refractivity contribution in [3.8, 4) is 67.1 Å². The lowest BCUT2D eigenvalue weighted by Gasteiger charge is -2.19. The molecule has 0 fully saturated rings. The molecule has 2 nitrogen and oxygen atoms in total. The maximum Gasteiger partial charge on any atom is 0.118 e. The van der Waals surface area contributed by atoms with Crippen LogP contribution < -0.4 is 9.47 Å². The zero-order chi connectivity index (χ0) is 38.9. The predicted molar refractivity (Wildman–Crippen MR) is 244 cm³/mol. The van der Waals surface area contributed by atoms with Gasteiger partial charge in [-0.2, -0.15) is 0 Å². The highest BCUT2D eigenvalue weighted by Gasteiger charge is 2.28. The number of hydrogen-bond donors (Lipinski definition) is 0. The Kier molecular flexibility index (Phi) is 7.94. The van der Waals surface area contributed by atoms with Crippen LogP contribution in [0.2, 0.25) is 0 Å². The summed E-state index contributed by atoms with van der Waals surface area (Å²) in [5.74, 6) is 1.95. The zero-order valence-electron chi connectivity index (χ0n) is 32.7. The summed E-state index contributed by atoms with van der Waals surface area (Å²) in [6.07, 6.45) is 0. The molecule has 0 atom stereocenters. The Morgan fingerprint density at radius 1 is 0.310 bits per heavy atom. The second-order valence-electron chi connectivity index (χ2n) is 15.5. The summed E-state index contributed by atoms with van der Waals surface area (Å²) in [5.41, 5.74) is 15.3. The summed E-state index contributed by atoms with van der Waals surface area (Å²) >= 11 is 0. The Bertz CT molecular complexity index is 2910. The molecule has 0 radical (unpaired) electrons. The molecular formula is C56H40O2. The van der Waals surface area contributed by atoms with Crippen LogP contribution >= 0.6 is 0 Å². The fourth-order valence-corrected chi connectivity index (χ4v) is 9.83. The molecule has 0 bridgehead atoms. The molecule has 276 valence electrons. The van der Waals surface area contributed by atoms with Crippen molar-refractivity contribution >= 4 is 43.1 Å². The first kappa shape index (κ1) is 34.1. The van der Waals surface area contributed by atoms with Crippen LogP contribution in [0.4, 0.5) is 0 Å². The van der Waals surface area contributed by atoms with Crippen LogP contribution in [0.1, 0.15) is 24.0 Å². The van der Waals surface area contributed by atoms with Crippen molar-refractivity contribution in [3.63, 3.8) is 0 Å². The van der Waals surface area contributed by atoms with E-state index in [2.05, 4.69) is 189 Å². The van der Waals surface area contributed by atoms with Gasteiger partial charge < -0.3 is 9.47 Å². The third kappa shape index (κ3) is 5.18. The van der Waals surface area contributed by atoms with Gasteiger partial charge in [-0.1, -0.05) is 153 Å². The van der Waals surface area contributed by atoms with Crippen molar-refractivity contribution < 1.29 is 9.47 Å². The maximum atomic E-state index is 5.51. The van der Waals surface area contributed by atoms with E-state index in [1.165, 1.54) is 110 Å². The average Bonchev–Trinajstić information content (AvgIpc) is 3.57. The van der Waals surface area contributed by atoms with Gasteiger partial charge in [-0.25, -0.2) is 0 Å². The first-order valence-electron chi connectivity index (χ1n) is 20.1. The number of benzene rings is 10. The van der Waals surface area contributed by atoms with E-state index in [4.69, 9.17) is 9.47 Å². The maximum absolute atomic E-state index is 5.51. The number of ether oxygens (including phenoxy) is 2. The molecule has 0 N–H and O–H groups in total. The van der Waals surface area contributed by atoms with Crippen LogP contribution in [0, 0.1) is 0 Å². The number of fused-ring (bicyclic) bond motifs is 7. The van der Waals surface area contributed by atoms with E-state index in [0.29, 0.717) is 0 Å². The van der Waals surface area contributed by atoms with Crippen LogP contribution in [0.3, 0.4) is 0 Å². The summed E-state index contributed by atoms with van der Waals surface area (Å²) in [6.45, 7) is 2.38. The summed E-state index contributed by atoms with van der Waals surface area (Å²) in [7, 11) is 3.44. The lowest BCUT2D eigenvalue weighted by molar-refractivity contribution is 0.415. The Hall–Kier alpha value is -7.16. The highest BCUT2D eigenvalue weighted by molar-refractivity contribution is 6.23. The van der Waals surface area contributed by atoms with Gasteiger partial charge in [-0.3, -0.25) is 0 Å². The highest BCUT2D eigenvalue weighted by atomic mass is 16.5. The number of rotatable bonds is 6. The Morgan fingerprint density at radius 2 is 0.569 bits per heavy atom. The summed E-state index contributed by atoms with van der Waals surface area (Å²) in [4.78, 5) is 0. The monoisotopic (exact) mass is 744 g/mol. The third-order valence-corrected chi connectivity index (χ3v) is 12.5. The molecule has 58 heavy (non-hydrogen) atoms. The van der Waals surface area contributed by atoms with Gasteiger partial charge in [0.25, 0.3) is 0 Å². The second kappa shape index (κ2) is 13.5. The molecule has 2 heteroatoms. The van der Waals surface area contributed by atoms with Crippen LogP contribution in [-0.2, 0) is 0 Å². The summed E-state index contributed by atoms with van der Waals surface area (Å²) in [5, 5.41) is 10.0. The molecule has 1 aliphatic rings. The fourth-order valence-electron chi connectivity index (χ4n) is 9.83. The van der Waals surface area contributed by atoms with Crippen molar-refractivity contribution in [2.45, 2.75) is 12.8 Å². The van der Waals surface area contributed by atoms with Gasteiger partial charge in [0, 0.05) is 5.92 Å². The summed E-state index contributed by atoms with van der Waals surface area (Å²) < 4.78 is 11.0. The molecule has 0 heterocycles. The molecule has 1 aliphatic carbocycles. The van der Waals surface area contributed by atoms with E-state index in [-0.39, 0.29) is 5.92 Å². The van der Waals surface area contributed by atoms with Gasteiger partial charge in [-0.15, -0.1) is 0 Å². The SMILES string of the molecule is COc1ccc(-c2c3ccccc3c(-c3ccc4c(c3)C(C)c3cc(-c5c6ccccc6c(-c6ccc(OC)cc6)c6ccccc56)ccc3-4)c3ccccc23)cc1. The van der Waals surface area contributed by atoms with Crippen molar-refractivity contribution in [1.29, 1.82) is 0 Å². The van der Waals surface area contributed by atoms with Crippen molar-refractivity contribution in [2.24, 2.45) is 0 Å². The van der Waals surface area contributed by atoms with Gasteiger partial charge in [0.05, 0.1) is 14.2 Å². The molecule has 11 rings (SSSR count). The molecule has 0 unspecified atom stereocenters. The summed E-state index contributed by atoms with van der Waals surface area (Å²) in [6, 6.07) is 66.8. The molecule has 0 saturated heterocycles. The minimum absolute atomic E-state index is 0.233. The van der Waals surface area contributed by atoms with Crippen LogP contribution in [0.15, 0.2) is 182 Å². The van der Waals surface area contributed by atoms with E-state index in [0.717, 1.165) is 11.5 Å². The van der Waals surface area contributed by atoms with Crippen LogP contribution in [-0.4, -0.2) is 14.2 Å². The highest BCUT2D eigenvalue weighted by Crippen LogP contribution is 2.51. The molecular weight excluding hydrogens is 705 g/mol. The number of methoxy groups -OCH3 is 2. The molecule has 0 amide bonds. The first-order valence-corrected chi connectivity index (χ1v) is 20.1. The fraction of sp³-hybridized carbons (Fsp3) is 0.0714. The van der Waals surface area contributed by atoms with Gasteiger partial charge in [0.1, 0.15) is 11.5 Å². The molecule has 10 aromatic carbocycles. The molecule has 0 spiro atoms. The van der Waals surface area contributed by atoms with Crippen molar-refractivity contribution in [3.05, 3.63) is 193 Å². The molecule has 0 saturated carbocycles. The van der Waals surface area contributed by atoms with Crippen molar-refractivity contribution in [1.82, 2.24) is 0 Å². The molecule has 10 aromatic rings. The Labute approximate surface area is 338 Å². The van der Waals surface area contributed by atoms with Crippen molar-refractivity contribution in [2.75, 3.05) is 14.2 Å². The van der Waals surface area contributed by atoms with Crippen LogP contribution in [0.25, 0.3) is 98.7 Å². The largest absolute Gasteiger partial charge is 0.497 e. The Morgan fingerprint density at radius 3 is 0.845 bits per heavy atom. The second-order valence-corrected chi connectivity index (χ2v) is 15.5. The molecule has 0 aromatic heterocycles. The Balaban J connectivity index is 1.06. The van der Waals surface area contributed by atoms with Gasteiger partial charge in [0.2, 0.25) is 0 Å². The van der Waals surface area contributed by atoms with E-state index < -0.39 is 0 Å². The zero-order valence-corrected chi connectivity index (χ0v) is 32.7. The van der Waals surface area contributed by atoms with E-state index >= 15 is 0 Å². The van der Waals surface area contributed by atoms with Gasteiger partial charge in [0.15, 0.2) is 0 Å². The smallest absolute Gasteiger partial charge is 0.118 e. The molecule has 0 aliphatic heterocycles. The van der Waals surface area contributed by atoms with E-state index in [1.807, 2.05) is 0 Å². The predicted octanol–water partition coefficient (Wildman–Crippen LogP) is 15.1. The third-order valence-electron chi connectivity index (χ3n) is 12.5. The standard InChI is InChI=1S/C56H40O2/c1-34-51-32-37(55-47-16-8-4-12-43(47)53(44-13-5-9-17-48(44)55)35-20-26-39(57-2)27-21-35)24-30-41(51)42-31-25-38(33-52(34)42)56-49-18-10-6-14-45(49)54(46-15-7-11-19-50(46)56)36-22-28-40(58-3)29-23-36/h4-34H,1-3H3. The van der Waals surface area contributed by atoms with Gasteiger partial charge in [-0.05, 0) is 146 Å². The minimum Gasteiger partial charge on any atom is -0.497 e. The average molecular weight is 745 g/mol. The lowest BCUT2D eigenvalue weighted by atomic mass is 9.84. The quantitative estimate of drug-likeness (QED) is 0.158. The first-order chi connectivity index (χ1) is 28.6. The van der Waals surface area contributed by atoms with E-state index in [1.54, 1.807) is 14.2 Å².